The van der Waals surface area contributed by atoms with Crippen LogP contribution in [0.15, 0.2) is 59.3 Å². The molecule has 1 atom stereocenters. The van der Waals surface area contributed by atoms with Crippen molar-refractivity contribution in [1.82, 2.24) is 10.2 Å². The summed E-state index contributed by atoms with van der Waals surface area (Å²) in [6.45, 7) is 2.93. The molecular formula is C23H25N3O5S2. The minimum Gasteiger partial charge on any atom is -0.410 e. The van der Waals surface area contributed by atoms with Crippen molar-refractivity contribution >= 4 is 40.4 Å². The van der Waals surface area contributed by atoms with Gasteiger partial charge in [0.1, 0.15) is 11.8 Å². The van der Waals surface area contributed by atoms with Crippen molar-refractivity contribution in [2.45, 2.75) is 45.3 Å². The lowest BCUT2D eigenvalue weighted by Gasteiger charge is -2.27. The van der Waals surface area contributed by atoms with Gasteiger partial charge in [0.05, 0.1) is 18.0 Å². The summed E-state index contributed by atoms with van der Waals surface area (Å²) in [4.78, 5) is 40.2. The van der Waals surface area contributed by atoms with Crippen LogP contribution in [-0.2, 0) is 17.9 Å². The van der Waals surface area contributed by atoms with Gasteiger partial charge in [0.2, 0.25) is 5.91 Å². The van der Waals surface area contributed by atoms with Gasteiger partial charge in [-0.15, -0.1) is 22.7 Å². The molecule has 0 aliphatic heterocycles. The predicted octanol–water partition coefficient (Wildman–Crippen LogP) is 5.59. The van der Waals surface area contributed by atoms with Crippen LogP contribution in [0.3, 0.4) is 0 Å². The van der Waals surface area contributed by atoms with Crippen LogP contribution in [0.5, 0.6) is 5.75 Å². The van der Waals surface area contributed by atoms with Gasteiger partial charge in [-0.3, -0.25) is 14.9 Å². The highest BCUT2D eigenvalue weighted by Gasteiger charge is 2.27. The van der Waals surface area contributed by atoms with E-state index in [1.54, 1.807) is 27.6 Å². The molecule has 0 spiro atoms. The van der Waals surface area contributed by atoms with Crippen molar-refractivity contribution in [2.75, 3.05) is 0 Å². The van der Waals surface area contributed by atoms with Crippen LogP contribution in [0.1, 0.15) is 35.9 Å². The molecule has 33 heavy (non-hydrogen) atoms. The molecule has 0 aliphatic carbocycles. The van der Waals surface area contributed by atoms with E-state index in [-0.39, 0.29) is 17.3 Å². The monoisotopic (exact) mass is 487 g/mol. The first-order valence-electron chi connectivity index (χ1n) is 10.5. The van der Waals surface area contributed by atoms with Gasteiger partial charge < -0.3 is 15.0 Å². The van der Waals surface area contributed by atoms with Gasteiger partial charge in [-0.2, -0.15) is 0 Å². The quantitative estimate of drug-likeness (QED) is 0.280. The predicted molar refractivity (Wildman–Crippen MR) is 128 cm³/mol. The van der Waals surface area contributed by atoms with Crippen molar-refractivity contribution in [1.29, 1.82) is 0 Å². The van der Waals surface area contributed by atoms with Crippen LogP contribution in [0.25, 0.3) is 0 Å². The Morgan fingerprint density at radius 1 is 1.06 bits per heavy atom. The number of ether oxygens (including phenoxy) is 1. The molecule has 0 radical (unpaired) electrons. The second-order valence-corrected chi connectivity index (χ2v) is 9.40. The molecule has 0 bridgehead atoms. The molecule has 0 saturated heterocycles. The number of hydrogen-bond acceptors (Lipinski definition) is 7. The van der Waals surface area contributed by atoms with Crippen LogP contribution in [-0.4, -0.2) is 27.9 Å². The minimum absolute atomic E-state index is 0.100. The van der Waals surface area contributed by atoms with Crippen molar-refractivity contribution in [3.8, 4) is 5.75 Å². The fourth-order valence-corrected chi connectivity index (χ4v) is 4.63. The molecule has 0 saturated carbocycles. The number of nitro benzene ring substituents is 1. The summed E-state index contributed by atoms with van der Waals surface area (Å²) in [7, 11) is 0. The summed E-state index contributed by atoms with van der Waals surface area (Å²) in [5.74, 6) is -0.0142. The minimum atomic E-state index is -0.773. The number of benzene rings is 1. The van der Waals surface area contributed by atoms with Gasteiger partial charge in [-0.05, 0) is 41.4 Å². The fraction of sp³-hybridized carbons (Fsp3) is 0.304. The standard InChI is InChI=1S/C23H25N3O5S2/c1-2-3-8-21(24-23(28)31-18-11-9-17(10-12-18)26(29)30)22(27)25(15-19-6-4-13-32-19)16-20-7-5-14-33-20/h4-7,9-14,21H,2-3,8,15-16H2,1H3,(H,24,28). The number of carbonyl (C=O) groups is 2. The van der Waals surface area contributed by atoms with Gasteiger partial charge in [0, 0.05) is 21.9 Å². The molecule has 1 unspecified atom stereocenters. The van der Waals surface area contributed by atoms with Crippen molar-refractivity contribution < 1.29 is 19.2 Å². The largest absolute Gasteiger partial charge is 0.413 e. The average molecular weight is 488 g/mol. The van der Waals surface area contributed by atoms with E-state index in [2.05, 4.69) is 5.32 Å². The highest BCUT2D eigenvalue weighted by atomic mass is 32.1. The Hall–Kier alpha value is -3.24. The molecule has 2 heterocycles. The average Bonchev–Trinajstić information content (AvgIpc) is 3.50. The second-order valence-electron chi connectivity index (χ2n) is 7.33. The number of amides is 2. The molecule has 1 N–H and O–H groups in total. The van der Waals surface area contributed by atoms with E-state index < -0.39 is 17.1 Å². The molecular weight excluding hydrogens is 462 g/mol. The summed E-state index contributed by atoms with van der Waals surface area (Å²) in [6, 6.07) is 12.3. The maximum absolute atomic E-state index is 13.5. The number of hydrogen-bond donors (Lipinski definition) is 1. The van der Waals surface area contributed by atoms with Gasteiger partial charge >= 0.3 is 6.09 Å². The number of nitro groups is 1. The molecule has 2 amide bonds. The molecule has 3 rings (SSSR count). The smallest absolute Gasteiger partial charge is 0.410 e. The maximum Gasteiger partial charge on any atom is 0.413 e. The number of unbranched alkanes of at least 4 members (excludes halogenated alkanes) is 1. The van der Waals surface area contributed by atoms with E-state index in [1.807, 2.05) is 41.9 Å². The third-order valence-electron chi connectivity index (χ3n) is 4.86. The molecule has 0 fully saturated rings. The second kappa shape index (κ2) is 12.1. The zero-order valence-electron chi connectivity index (χ0n) is 18.1. The van der Waals surface area contributed by atoms with E-state index in [1.165, 1.54) is 24.3 Å². The fourth-order valence-electron chi connectivity index (χ4n) is 3.19. The molecule has 3 aromatic rings. The Bertz CT molecular complexity index is 1000. The van der Waals surface area contributed by atoms with Gasteiger partial charge in [0.25, 0.3) is 5.69 Å². The lowest BCUT2D eigenvalue weighted by molar-refractivity contribution is -0.384. The van der Waals surface area contributed by atoms with Crippen LogP contribution in [0.2, 0.25) is 0 Å². The topological polar surface area (TPSA) is 102 Å². The summed E-state index contributed by atoms with van der Waals surface area (Å²) in [5.41, 5.74) is -0.100. The highest BCUT2D eigenvalue weighted by Crippen LogP contribution is 2.20. The summed E-state index contributed by atoms with van der Waals surface area (Å²) in [5, 5.41) is 17.4. The van der Waals surface area contributed by atoms with Gasteiger partial charge in [-0.1, -0.05) is 31.9 Å². The Kier molecular flexibility index (Phi) is 8.96. The van der Waals surface area contributed by atoms with E-state index in [0.717, 1.165) is 22.6 Å². The molecule has 2 aromatic heterocycles. The Balaban J connectivity index is 1.71. The normalized spacial score (nSPS) is 11.5. The van der Waals surface area contributed by atoms with Crippen LogP contribution in [0, 0.1) is 10.1 Å². The number of nitrogens with one attached hydrogen (secondary N) is 1. The first-order valence-corrected chi connectivity index (χ1v) is 12.3. The van der Waals surface area contributed by atoms with E-state index in [4.69, 9.17) is 4.74 Å². The lowest BCUT2D eigenvalue weighted by Crippen LogP contribution is -2.48. The first-order chi connectivity index (χ1) is 16.0. The lowest BCUT2D eigenvalue weighted by atomic mass is 10.1. The molecule has 174 valence electrons. The highest BCUT2D eigenvalue weighted by molar-refractivity contribution is 7.10. The zero-order valence-corrected chi connectivity index (χ0v) is 19.8. The van der Waals surface area contributed by atoms with Crippen LogP contribution >= 0.6 is 22.7 Å². The van der Waals surface area contributed by atoms with Crippen LogP contribution < -0.4 is 10.1 Å². The van der Waals surface area contributed by atoms with Gasteiger partial charge in [0.15, 0.2) is 0 Å². The summed E-state index contributed by atoms with van der Waals surface area (Å²) >= 11 is 3.16. The molecule has 8 nitrogen and oxygen atoms in total. The number of nitrogens with zero attached hydrogens (tertiary/aromatic N) is 2. The Morgan fingerprint density at radius 3 is 2.15 bits per heavy atom. The van der Waals surface area contributed by atoms with E-state index >= 15 is 0 Å². The third-order valence-corrected chi connectivity index (χ3v) is 6.58. The number of carbonyl (C=O) groups excluding carboxylic acids is 2. The Labute approximate surface area is 200 Å². The van der Waals surface area contributed by atoms with Gasteiger partial charge in [-0.25, -0.2) is 4.79 Å². The van der Waals surface area contributed by atoms with Crippen molar-refractivity contribution in [2.24, 2.45) is 0 Å². The molecule has 0 aliphatic rings. The third kappa shape index (κ3) is 7.40. The number of thiophene rings is 2. The number of rotatable bonds is 11. The van der Waals surface area contributed by atoms with E-state index in [9.17, 15) is 19.7 Å². The summed E-state index contributed by atoms with van der Waals surface area (Å²) < 4.78 is 5.26. The Morgan fingerprint density at radius 2 is 1.67 bits per heavy atom. The molecule has 10 heteroatoms. The van der Waals surface area contributed by atoms with E-state index in [0.29, 0.717) is 19.5 Å². The number of non-ortho nitro benzene ring substituents is 1. The zero-order chi connectivity index (χ0) is 23.6. The van der Waals surface area contributed by atoms with Crippen LogP contribution in [0.4, 0.5) is 10.5 Å². The van der Waals surface area contributed by atoms with Crippen molar-refractivity contribution in [3.05, 3.63) is 79.2 Å². The van der Waals surface area contributed by atoms with Crippen molar-refractivity contribution in [3.63, 3.8) is 0 Å². The summed E-state index contributed by atoms with van der Waals surface area (Å²) in [6.07, 6.45) is 1.35. The molecule has 1 aromatic carbocycles. The maximum atomic E-state index is 13.5. The first kappa shape index (κ1) is 24.4. The SMILES string of the molecule is CCCCC(NC(=O)Oc1ccc([N+](=O)[O-])cc1)C(=O)N(Cc1cccs1)Cc1cccs1.